The van der Waals surface area contributed by atoms with Crippen LogP contribution in [-0.4, -0.2) is 50.5 Å². The number of aromatic nitrogens is 1. The van der Waals surface area contributed by atoms with Crippen LogP contribution in [0, 0.1) is 5.92 Å². The molecule has 0 spiro atoms. The highest BCUT2D eigenvalue weighted by Crippen LogP contribution is 2.37. The van der Waals surface area contributed by atoms with Crippen molar-refractivity contribution in [3.8, 4) is 0 Å². The number of thiocarbonyl (C=S) groups is 1. The number of fused-ring (bicyclic) bond motifs is 2. The Kier molecular flexibility index (Phi) is 7.76. The molecule has 3 aromatic rings. The lowest BCUT2D eigenvalue weighted by Crippen LogP contribution is -2.63. The SMILES string of the molecule is O=C(NC(N1CCCN(c2cccc3cccnc23)C1=S)C(Cl)(Cl)Cl)C1CNc2cc(C(F)(F)F)ccc2C1. The van der Waals surface area contributed by atoms with Crippen LogP contribution in [0.1, 0.15) is 17.5 Å². The number of hydrogen-bond acceptors (Lipinski definition) is 4. The first-order valence-electron chi connectivity index (χ1n) is 12.2. The van der Waals surface area contributed by atoms with Crippen LogP contribution >= 0.6 is 47.0 Å². The summed E-state index contributed by atoms with van der Waals surface area (Å²) in [5.41, 5.74) is 1.78. The van der Waals surface area contributed by atoms with E-state index in [1.165, 1.54) is 6.07 Å². The average Bonchev–Trinajstić information content (AvgIpc) is 2.90. The number of anilines is 2. The molecular weight excluding hydrogens is 594 g/mol. The van der Waals surface area contributed by atoms with Crippen molar-refractivity contribution in [1.29, 1.82) is 0 Å². The lowest BCUT2D eigenvalue weighted by Gasteiger charge is -2.45. The van der Waals surface area contributed by atoms with Crippen molar-refractivity contribution in [2.75, 3.05) is 29.9 Å². The summed E-state index contributed by atoms with van der Waals surface area (Å²) in [6.07, 6.45) is -2.91. The zero-order chi connectivity index (χ0) is 27.9. The molecule has 206 valence electrons. The highest BCUT2D eigenvalue weighted by Gasteiger charge is 2.43. The number of benzene rings is 2. The van der Waals surface area contributed by atoms with Gasteiger partial charge in [0, 0.05) is 36.9 Å². The Balaban J connectivity index is 1.35. The van der Waals surface area contributed by atoms with Gasteiger partial charge in [-0.05, 0) is 54.9 Å². The number of hydrogen-bond donors (Lipinski definition) is 2. The summed E-state index contributed by atoms with van der Waals surface area (Å²) in [6, 6.07) is 13.1. The van der Waals surface area contributed by atoms with E-state index in [0.717, 1.165) is 28.7 Å². The van der Waals surface area contributed by atoms with E-state index in [0.29, 0.717) is 35.9 Å². The topological polar surface area (TPSA) is 60.5 Å². The summed E-state index contributed by atoms with van der Waals surface area (Å²) in [4.78, 5) is 21.5. The zero-order valence-corrected chi connectivity index (χ0v) is 23.4. The predicted molar refractivity (Wildman–Crippen MR) is 152 cm³/mol. The molecule has 2 aliphatic rings. The molecule has 13 heteroatoms. The molecule has 0 radical (unpaired) electrons. The Morgan fingerprint density at radius 1 is 1.13 bits per heavy atom. The maximum atomic E-state index is 13.4. The van der Waals surface area contributed by atoms with E-state index in [2.05, 4.69) is 15.6 Å². The summed E-state index contributed by atoms with van der Waals surface area (Å²) in [5.74, 6) is -1.00. The molecule has 1 aromatic heterocycles. The van der Waals surface area contributed by atoms with E-state index in [4.69, 9.17) is 47.0 Å². The highest BCUT2D eigenvalue weighted by atomic mass is 35.6. The normalized spacial score (nSPS) is 18.9. The Labute approximate surface area is 243 Å². The Hall–Kier alpha value is -2.53. The third kappa shape index (κ3) is 5.84. The molecule has 3 heterocycles. The van der Waals surface area contributed by atoms with Gasteiger partial charge in [0.1, 0.15) is 0 Å². The van der Waals surface area contributed by atoms with Crippen LogP contribution < -0.4 is 15.5 Å². The maximum absolute atomic E-state index is 13.4. The van der Waals surface area contributed by atoms with Gasteiger partial charge >= 0.3 is 6.18 Å². The summed E-state index contributed by atoms with van der Waals surface area (Å²) in [5, 5.41) is 7.11. The van der Waals surface area contributed by atoms with Gasteiger partial charge in [-0.15, -0.1) is 0 Å². The van der Waals surface area contributed by atoms with Crippen molar-refractivity contribution in [2.45, 2.75) is 29.0 Å². The molecule has 1 fully saturated rings. The minimum Gasteiger partial charge on any atom is -0.384 e. The average molecular weight is 617 g/mol. The predicted octanol–water partition coefficient (Wildman–Crippen LogP) is 6.15. The van der Waals surface area contributed by atoms with E-state index in [-0.39, 0.29) is 13.0 Å². The molecule has 2 aromatic carbocycles. The number of para-hydroxylation sites is 1. The third-order valence-corrected chi connectivity index (χ3v) is 7.95. The van der Waals surface area contributed by atoms with E-state index < -0.39 is 33.5 Å². The van der Waals surface area contributed by atoms with Gasteiger partial charge in [-0.1, -0.05) is 59.1 Å². The molecule has 1 saturated heterocycles. The number of rotatable bonds is 4. The first-order chi connectivity index (χ1) is 18.4. The van der Waals surface area contributed by atoms with Gasteiger partial charge in [-0.25, -0.2) is 0 Å². The second-order valence-corrected chi connectivity index (χ2v) is 12.2. The number of amides is 1. The van der Waals surface area contributed by atoms with Gasteiger partial charge in [0.2, 0.25) is 9.70 Å². The zero-order valence-electron chi connectivity index (χ0n) is 20.3. The van der Waals surface area contributed by atoms with Gasteiger partial charge < -0.3 is 20.4 Å². The summed E-state index contributed by atoms with van der Waals surface area (Å²) in [6.45, 7) is 1.19. The quantitative estimate of drug-likeness (QED) is 0.271. The Morgan fingerprint density at radius 2 is 1.90 bits per heavy atom. The maximum Gasteiger partial charge on any atom is 0.416 e. The molecule has 0 bridgehead atoms. The smallest absolute Gasteiger partial charge is 0.384 e. The minimum atomic E-state index is -4.45. The molecule has 2 atom stereocenters. The van der Waals surface area contributed by atoms with Crippen molar-refractivity contribution in [1.82, 2.24) is 15.2 Å². The second kappa shape index (κ2) is 10.8. The molecule has 2 N–H and O–H groups in total. The molecular formula is C26H23Cl3F3N5OS. The van der Waals surface area contributed by atoms with Crippen LogP contribution in [0.3, 0.4) is 0 Å². The Bertz CT molecular complexity index is 1410. The summed E-state index contributed by atoms with van der Waals surface area (Å²) in [7, 11) is 0. The monoisotopic (exact) mass is 615 g/mol. The molecule has 39 heavy (non-hydrogen) atoms. The van der Waals surface area contributed by atoms with E-state index >= 15 is 0 Å². The molecule has 5 rings (SSSR count). The van der Waals surface area contributed by atoms with Crippen LogP contribution in [0.4, 0.5) is 24.5 Å². The van der Waals surface area contributed by atoms with Crippen LogP contribution in [-0.2, 0) is 17.4 Å². The molecule has 1 amide bonds. The first kappa shape index (κ1) is 28.0. The fraction of sp³-hybridized carbons (Fsp3) is 0.346. The molecule has 0 saturated carbocycles. The van der Waals surface area contributed by atoms with Crippen LogP contribution in [0.15, 0.2) is 54.7 Å². The number of carbonyl (C=O) groups excluding carboxylic acids is 1. The number of pyridine rings is 1. The van der Waals surface area contributed by atoms with Gasteiger partial charge in [0.15, 0.2) is 11.3 Å². The Morgan fingerprint density at radius 3 is 2.64 bits per heavy atom. The second-order valence-electron chi connectivity index (χ2n) is 9.44. The van der Waals surface area contributed by atoms with Crippen LogP contribution in [0.25, 0.3) is 10.9 Å². The number of nitrogens with one attached hydrogen (secondary N) is 2. The standard InChI is InChI=1S/C26H23Cl3F3N5OS/c27-25(28,29)23(35-22(38)17-12-16-7-8-18(26(30,31)32)13-19(16)34-14-17)37-11-3-10-36(24(37)39)20-6-1-4-15-5-2-9-33-21(15)20/h1-2,4-9,13,17,23,34H,3,10-12,14H2,(H,35,38). The van der Waals surface area contributed by atoms with E-state index in [1.807, 2.05) is 35.2 Å². The van der Waals surface area contributed by atoms with Crippen molar-refractivity contribution < 1.29 is 18.0 Å². The number of nitrogens with zero attached hydrogens (tertiary/aromatic N) is 3. The fourth-order valence-corrected chi connectivity index (χ4v) is 5.86. The van der Waals surface area contributed by atoms with Crippen molar-refractivity contribution >= 4 is 80.3 Å². The van der Waals surface area contributed by atoms with Crippen LogP contribution in [0.5, 0.6) is 0 Å². The van der Waals surface area contributed by atoms with Gasteiger partial charge in [-0.2, -0.15) is 13.2 Å². The highest BCUT2D eigenvalue weighted by molar-refractivity contribution is 7.80. The summed E-state index contributed by atoms with van der Waals surface area (Å²) < 4.78 is 37.3. The fourth-order valence-electron chi connectivity index (χ4n) is 4.96. The number of carbonyl (C=O) groups is 1. The number of alkyl halides is 6. The van der Waals surface area contributed by atoms with Crippen molar-refractivity contribution in [3.05, 3.63) is 65.9 Å². The lowest BCUT2D eigenvalue weighted by molar-refractivity contribution is -0.137. The first-order valence-corrected chi connectivity index (χ1v) is 13.7. The molecule has 2 aliphatic heterocycles. The molecule has 0 aliphatic carbocycles. The van der Waals surface area contributed by atoms with Crippen molar-refractivity contribution in [3.63, 3.8) is 0 Å². The minimum absolute atomic E-state index is 0.130. The van der Waals surface area contributed by atoms with Gasteiger partial charge in [-0.3, -0.25) is 9.78 Å². The molecule has 2 unspecified atom stereocenters. The number of halogens is 6. The van der Waals surface area contributed by atoms with E-state index in [1.54, 1.807) is 11.1 Å². The largest absolute Gasteiger partial charge is 0.416 e. The van der Waals surface area contributed by atoms with Gasteiger partial charge in [0.05, 0.1) is 22.7 Å². The summed E-state index contributed by atoms with van der Waals surface area (Å²) >= 11 is 25.0. The molecule has 6 nitrogen and oxygen atoms in total. The van der Waals surface area contributed by atoms with Crippen LogP contribution in [0.2, 0.25) is 0 Å². The van der Waals surface area contributed by atoms with Crippen molar-refractivity contribution in [2.24, 2.45) is 5.92 Å². The lowest BCUT2D eigenvalue weighted by atomic mass is 9.92. The van der Waals surface area contributed by atoms with Gasteiger partial charge in [0.25, 0.3) is 0 Å². The third-order valence-electron chi connectivity index (χ3n) is 6.87. The van der Waals surface area contributed by atoms with E-state index in [9.17, 15) is 18.0 Å².